The van der Waals surface area contributed by atoms with Crippen LogP contribution in [0.2, 0.25) is 0 Å². The smallest absolute Gasteiger partial charge is 0.269 e. The molecule has 0 radical (unpaired) electrons. The van der Waals surface area contributed by atoms with Crippen LogP contribution >= 0.6 is 0 Å². The number of aliphatic imine (C=N–C) groups is 1. The van der Waals surface area contributed by atoms with Crippen molar-refractivity contribution in [1.29, 1.82) is 0 Å². The van der Waals surface area contributed by atoms with Crippen molar-refractivity contribution in [1.82, 2.24) is 0 Å². The van der Waals surface area contributed by atoms with Crippen LogP contribution < -0.4 is 0 Å². The summed E-state index contributed by atoms with van der Waals surface area (Å²) >= 11 is 0. The summed E-state index contributed by atoms with van der Waals surface area (Å²) in [4.78, 5) is 4.32. The largest absolute Gasteiger partial charge is 2.00 e. The van der Waals surface area contributed by atoms with Crippen LogP contribution in [0.4, 0.5) is 5.69 Å². The van der Waals surface area contributed by atoms with E-state index in [1.807, 2.05) is 91.1 Å². The Bertz CT molecular complexity index is 519. The van der Waals surface area contributed by atoms with E-state index in [2.05, 4.69) is 4.99 Å². The van der Waals surface area contributed by atoms with Gasteiger partial charge in [-0.1, -0.05) is 18.2 Å². The van der Waals surface area contributed by atoms with Crippen molar-refractivity contribution in [3.8, 4) is 0 Å². The summed E-state index contributed by atoms with van der Waals surface area (Å²) in [6.45, 7) is 0. The molecule has 0 bridgehead atoms. The van der Waals surface area contributed by atoms with E-state index in [9.17, 15) is 0 Å². The molecule has 0 spiro atoms. The summed E-state index contributed by atoms with van der Waals surface area (Å²) < 4.78 is 0. The summed E-state index contributed by atoms with van der Waals surface area (Å²) in [5.41, 5.74) is 2.13. The Labute approximate surface area is 124 Å². The molecular weight excluding hydrogens is 274 g/mol. The zero-order valence-electron chi connectivity index (χ0n) is 10.5. The normalized spacial score (nSPS) is 9.47. The molecule has 0 unspecified atom stereocenters. The van der Waals surface area contributed by atoms with Gasteiger partial charge in [0.25, 0.3) is 0 Å². The average Bonchev–Trinajstić information content (AvgIpc) is 3.13. The topological polar surface area (TPSA) is 12.4 Å². The molecule has 3 aromatic carbocycles. The van der Waals surface area contributed by atoms with Gasteiger partial charge in [0, 0.05) is 0 Å². The second-order valence-electron chi connectivity index (χ2n) is 3.77. The molecule has 2 heteroatoms. The molecular formula is C17H15FeN. The molecule has 0 heterocycles. The van der Waals surface area contributed by atoms with E-state index in [1.165, 1.54) is 0 Å². The first-order valence-electron chi connectivity index (χ1n) is 5.93. The summed E-state index contributed by atoms with van der Waals surface area (Å²) in [6, 6.07) is 28.0. The second-order valence-corrected chi connectivity index (χ2v) is 3.77. The second kappa shape index (κ2) is 9.09. The fourth-order valence-electron chi connectivity index (χ4n) is 1.46. The molecule has 0 saturated carbocycles. The molecule has 0 aliphatic heterocycles. The first kappa shape index (κ1) is 15.2. The van der Waals surface area contributed by atoms with Crippen molar-refractivity contribution in [3.05, 3.63) is 90.5 Å². The third kappa shape index (κ3) is 6.01. The van der Waals surface area contributed by atoms with Crippen LogP contribution in [-0.2, 0) is 17.1 Å². The predicted molar refractivity (Wildman–Crippen MR) is 77.8 cm³/mol. The molecule has 3 aromatic rings. The standard InChI is InChI=1S/C12H10N.C5H5.Fe/c1-2-8-12(9-3-1)13-10-11-6-4-5-7-11;1-2-4-5-3-1;/h1-10H;1-5H;/q2*-1;+2. The van der Waals surface area contributed by atoms with Crippen molar-refractivity contribution in [2.75, 3.05) is 0 Å². The molecule has 0 atom stereocenters. The first-order chi connectivity index (χ1) is 8.95. The Morgan fingerprint density at radius 2 is 1.47 bits per heavy atom. The van der Waals surface area contributed by atoms with Gasteiger partial charge in [-0.3, -0.25) is 4.99 Å². The van der Waals surface area contributed by atoms with E-state index in [0.717, 1.165) is 11.3 Å². The van der Waals surface area contributed by atoms with E-state index < -0.39 is 0 Å². The van der Waals surface area contributed by atoms with E-state index in [1.54, 1.807) is 0 Å². The van der Waals surface area contributed by atoms with Gasteiger partial charge in [0.1, 0.15) is 0 Å². The van der Waals surface area contributed by atoms with E-state index in [0.29, 0.717) is 0 Å². The minimum absolute atomic E-state index is 0. The maximum absolute atomic E-state index is 4.32. The number of para-hydroxylation sites is 1. The molecule has 0 aliphatic carbocycles. The zero-order chi connectivity index (χ0) is 12.5. The van der Waals surface area contributed by atoms with Crippen molar-refractivity contribution in [3.63, 3.8) is 0 Å². The van der Waals surface area contributed by atoms with E-state index >= 15 is 0 Å². The Morgan fingerprint density at radius 3 is 2.00 bits per heavy atom. The molecule has 0 amide bonds. The van der Waals surface area contributed by atoms with Crippen molar-refractivity contribution in [2.45, 2.75) is 0 Å². The maximum Gasteiger partial charge on any atom is 2.00 e. The summed E-state index contributed by atoms with van der Waals surface area (Å²) in [7, 11) is 0. The predicted octanol–water partition coefficient (Wildman–Crippen LogP) is 4.56. The Morgan fingerprint density at radius 1 is 0.842 bits per heavy atom. The van der Waals surface area contributed by atoms with Gasteiger partial charge in [-0.25, -0.2) is 24.3 Å². The number of hydrogen-bond donors (Lipinski definition) is 0. The molecule has 96 valence electrons. The first-order valence-corrected chi connectivity index (χ1v) is 5.93. The zero-order valence-corrected chi connectivity index (χ0v) is 11.6. The van der Waals surface area contributed by atoms with E-state index in [-0.39, 0.29) is 17.1 Å². The minimum Gasteiger partial charge on any atom is -0.269 e. The van der Waals surface area contributed by atoms with Crippen molar-refractivity contribution >= 4 is 11.9 Å². The Kier molecular flexibility index (Phi) is 7.26. The fraction of sp³-hybridized carbons (Fsp3) is 0. The van der Waals surface area contributed by atoms with Crippen LogP contribution in [0.5, 0.6) is 0 Å². The SMILES string of the molecule is C(=Nc1ccccc1)[c-]1cccc1.[Fe+2].c1cc[cH-]c1. The monoisotopic (exact) mass is 289 g/mol. The van der Waals surface area contributed by atoms with Crippen LogP contribution in [0.15, 0.2) is 89.9 Å². The molecule has 0 aliphatic rings. The maximum atomic E-state index is 4.32. The molecule has 0 N–H and O–H groups in total. The van der Waals surface area contributed by atoms with Crippen molar-refractivity contribution in [2.24, 2.45) is 4.99 Å². The van der Waals surface area contributed by atoms with Crippen LogP contribution in [0.1, 0.15) is 5.56 Å². The quantitative estimate of drug-likeness (QED) is 0.372. The average molecular weight is 289 g/mol. The Balaban J connectivity index is 0.000000256. The van der Waals surface area contributed by atoms with Crippen LogP contribution in [0.3, 0.4) is 0 Å². The number of rotatable bonds is 2. The molecule has 0 aromatic heterocycles. The fourth-order valence-corrected chi connectivity index (χ4v) is 1.46. The van der Waals surface area contributed by atoms with Gasteiger partial charge in [-0.2, -0.15) is 30.3 Å². The number of benzene rings is 1. The molecule has 3 rings (SSSR count). The molecule has 0 fully saturated rings. The van der Waals surface area contributed by atoms with Gasteiger partial charge in [0.15, 0.2) is 0 Å². The molecule has 19 heavy (non-hydrogen) atoms. The molecule has 0 saturated heterocycles. The van der Waals surface area contributed by atoms with Gasteiger partial charge in [0.2, 0.25) is 0 Å². The van der Waals surface area contributed by atoms with Gasteiger partial charge in [-0.05, 0) is 18.3 Å². The molecule has 1 nitrogen and oxygen atoms in total. The van der Waals surface area contributed by atoms with Crippen molar-refractivity contribution < 1.29 is 17.1 Å². The summed E-state index contributed by atoms with van der Waals surface area (Å²) in [5.74, 6) is 0. The third-order valence-corrected chi connectivity index (χ3v) is 2.36. The van der Waals surface area contributed by atoms with Crippen LogP contribution in [0, 0.1) is 0 Å². The summed E-state index contributed by atoms with van der Waals surface area (Å²) in [5, 5.41) is 0. The summed E-state index contributed by atoms with van der Waals surface area (Å²) in [6.07, 6.45) is 1.87. The van der Waals surface area contributed by atoms with Gasteiger partial charge in [-0.15, -0.1) is 5.56 Å². The minimum atomic E-state index is 0. The number of nitrogens with zero attached hydrogens (tertiary/aromatic N) is 1. The third-order valence-electron chi connectivity index (χ3n) is 2.36. The van der Waals surface area contributed by atoms with Crippen LogP contribution in [0.25, 0.3) is 0 Å². The van der Waals surface area contributed by atoms with Gasteiger partial charge < -0.3 is 0 Å². The number of hydrogen-bond acceptors (Lipinski definition) is 1. The Hall–Kier alpha value is -1.89. The van der Waals surface area contributed by atoms with Gasteiger partial charge >= 0.3 is 17.1 Å². The van der Waals surface area contributed by atoms with E-state index in [4.69, 9.17) is 0 Å². The van der Waals surface area contributed by atoms with Gasteiger partial charge in [0.05, 0.1) is 5.69 Å². The van der Waals surface area contributed by atoms with Crippen LogP contribution in [-0.4, -0.2) is 6.21 Å².